The quantitative estimate of drug-likeness (QED) is 0.736. The minimum Gasteiger partial charge on any atom is -0.383 e. The maximum atomic E-state index is 11.4. The number of thiophene rings is 1. The number of hydrogen-bond acceptors (Lipinski definition) is 4. The first-order valence-corrected chi connectivity index (χ1v) is 7.65. The van der Waals surface area contributed by atoms with E-state index in [-0.39, 0.29) is 6.54 Å². The van der Waals surface area contributed by atoms with Gasteiger partial charge < -0.3 is 4.74 Å². The average molecular weight is 329 g/mol. The summed E-state index contributed by atoms with van der Waals surface area (Å²) in [7, 11) is -1.91. The van der Waals surface area contributed by atoms with Gasteiger partial charge in [-0.2, -0.15) is 17.9 Å². The summed E-state index contributed by atoms with van der Waals surface area (Å²) in [5, 5.41) is 1.90. The van der Waals surface area contributed by atoms with Gasteiger partial charge in [0.05, 0.1) is 6.61 Å². The van der Waals surface area contributed by atoms with E-state index in [1.54, 1.807) is 0 Å². The molecule has 16 heavy (non-hydrogen) atoms. The third kappa shape index (κ3) is 5.37. The second kappa shape index (κ2) is 6.67. The van der Waals surface area contributed by atoms with Crippen LogP contribution in [-0.4, -0.2) is 28.7 Å². The van der Waals surface area contributed by atoms with Crippen molar-refractivity contribution in [1.82, 2.24) is 9.44 Å². The summed E-state index contributed by atoms with van der Waals surface area (Å²) in [6.45, 7) is 0.907. The van der Waals surface area contributed by atoms with Gasteiger partial charge in [-0.3, -0.25) is 0 Å². The Bertz CT molecular complexity index is 419. The molecule has 0 aliphatic carbocycles. The molecule has 0 aliphatic rings. The Hall–Kier alpha value is 0.01000. The summed E-state index contributed by atoms with van der Waals surface area (Å²) in [6.07, 6.45) is 0. The smallest absolute Gasteiger partial charge is 0.277 e. The molecule has 0 unspecified atom stereocenters. The fraction of sp³-hybridized carbons (Fsp3) is 0.500. The second-order valence-corrected chi connectivity index (χ2v) is 6.44. The predicted molar refractivity (Wildman–Crippen MR) is 67.7 cm³/mol. The molecular formula is C8H13BrN2O3S2. The molecule has 1 heterocycles. The predicted octanol–water partition coefficient (Wildman–Crippen LogP) is 1.08. The van der Waals surface area contributed by atoms with Gasteiger partial charge in [-0.05, 0) is 22.0 Å². The highest BCUT2D eigenvalue weighted by Gasteiger charge is 2.08. The molecule has 0 aromatic carbocycles. The number of nitrogens with one attached hydrogen (secondary N) is 2. The lowest BCUT2D eigenvalue weighted by atomic mass is 10.5. The maximum Gasteiger partial charge on any atom is 0.277 e. The third-order valence-electron chi connectivity index (χ3n) is 1.66. The first-order chi connectivity index (χ1) is 7.53. The summed E-state index contributed by atoms with van der Waals surface area (Å²) in [5.41, 5.74) is 0. The van der Waals surface area contributed by atoms with Crippen LogP contribution < -0.4 is 9.44 Å². The zero-order valence-electron chi connectivity index (χ0n) is 8.70. The van der Waals surface area contributed by atoms with Gasteiger partial charge in [-0.1, -0.05) is 0 Å². The number of ether oxygens (including phenoxy) is 1. The standard InChI is InChI=1S/C8H13BrN2O3S2/c1-14-3-2-10-16(12,13)11-5-8-4-7(9)6-15-8/h4,6,10-11H,2-3,5H2,1H3. The van der Waals surface area contributed by atoms with Gasteiger partial charge in [0.1, 0.15) is 0 Å². The van der Waals surface area contributed by atoms with Gasteiger partial charge in [0.15, 0.2) is 0 Å². The Labute approximate surface area is 108 Å². The van der Waals surface area contributed by atoms with Crippen molar-refractivity contribution in [3.8, 4) is 0 Å². The molecule has 0 spiro atoms. The molecule has 0 atom stereocenters. The summed E-state index contributed by atoms with van der Waals surface area (Å²) in [4.78, 5) is 0.948. The summed E-state index contributed by atoms with van der Waals surface area (Å²) < 4.78 is 33.3. The zero-order chi connectivity index (χ0) is 12.0. The van der Waals surface area contributed by atoms with E-state index >= 15 is 0 Å². The van der Waals surface area contributed by atoms with Gasteiger partial charge in [0.25, 0.3) is 10.2 Å². The molecule has 1 rings (SSSR count). The fourth-order valence-electron chi connectivity index (χ4n) is 0.942. The van der Waals surface area contributed by atoms with Crippen molar-refractivity contribution in [3.05, 3.63) is 20.8 Å². The van der Waals surface area contributed by atoms with Crippen LogP contribution in [0.3, 0.4) is 0 Å². The first kappa shape index (κ1) is 14.1. The molecule has 0 bridgehead atoms. The van der Waals surface area contributed by atoms with E-state index < -0.39 is 10.2 Å². The highest BCUT2D eigenvalue weighted by molar-refractivity contribution is 9.10. The van der Waals surface area contributed by atoms with Crippen LogP contribution in [0.15, 0.2) is 15.9 Å². The van der Waals surface area contributed by atoms with E-state index in [2.05, 4.69) is 25.4 Å². The van der Waals surface area contributed by atoms with Crippen LogP contribution in [0.2, 0.25) is 0 Å². The van der Waals surface area contributed by atoms with Crippen molar-refractivity contribution in [2.45, 2.75) is 6.54 Å². The highest BCUT2D eigenvalue weighted by Crippen LogP contribution is 2.19. The monoisotopic (exact) mass is 328 g/mol. The van der Waals surface area contributed by atoms with E-state index in [1.807, 2.05) is 11.4 Å². The fourth-order valence-corrected chi connectivity index (χ4v) is 3.22. The Morgan fingerprint density at radius 1 is 1.50 bits per heavy atom. The van der Waals surface area contributed by atoms with Crippen LogP contribution in [0, 0.1) is 0 Å². The molecule has 0 amide bonds. The van der Waals surface area contributed by atoms with Gasteiger partial charge in [-0.25, -0.2) is 0 Å². The molecule has 0 saturated carbocycles. The molecule has 0 saturated heterocycles. The molecule has 0 aliphatic heterocycles. The summed E-state index contributed by atoms with van der Waals surface area (Å²) >= 11 is 4.80. The Morgan fingerprint density at radius 2 is 2.25 bits per heavy atom. The van der Waals surface area contributed by atoms with E-state index in [9.17, 15) is 8.42 Å². The van der Waals surface area contributed by atoms with Crippen LogP contribution in [0.4, 0.5) is 0 Å². The molecule has 0 radical (unpaired) electrons. The van der Waals surface area contributed by atoms with E-state index in [0.717, 1.165) is 9.35 Å². The lowest BCUT2D eigenvalue weighted by Crippen LogP contribution is -2.37. The SMILES string of the molecule is COCCNS(=O)(=O)NCc1cc(Br)cs1. The number of methoxy groups -OCH3 is 1. The van der Waals surface area contributed by atoms with E-state index in [4.69, 9.17) is 4.74 Å². The Kier molecular flexibility index (Phi) is 5.87. The normalized spacial score (nSPS) is 11.9. The average Bonchev–Trinajstić information content (AvgIpc) is 2.62. The van der Waals surface area contributed by atoms with Gasteiger partial charge in [-0.15, -0.1) is 11.3 Å². The van der Waals surface area contributed by atoms with Crippen LogP contribution >= 0.6 is 27.3 Å². The Morgan fingerprint density at radius 3 is 2.81 bits per heavy atom. The first-order valence-electron chi connectivity index (χ1n) is 4.49. The molecular weight excluding hydrogens is 316 g/mol. The van der Waals surface area contributed by atoms with Gasteiger partial charge in [0.2, 0.25) is 0 Å². The van der Waals surface area contributed by atoms with Crippen LogP contribution in [0.25, 0.3) is 0 Å². The van der Waals surface area contributed by atoms with Crippen molar-refractivity contribution in [3.63, 3.8) is 0 Å². The number of halogens is 1. The minimum atomic E-state index is -3.43. The lowest BCUT2D eigenvalue weighted by molar-refractivity contribution is 0.204. The van der Waals surface area contributed by atoms with Crippen molar-refractivity contribution in [2.75, 3.05) is 20.3 Å². The van der Waals surface area contributed by atoms with Crippen LogP contribution in [-0.2, 0) is 21.5 Å². The summed E-state index contributed by atoms with van der Waals surface area (Å²) in [6, 6.07) is 1.88. The Balaban J connectivity index is 2.36. The van der Waals surface area contributed by atoms with E-state index in [1.165, 1.54) is 18.4 Å². The molecule has 8 heteroatoms. The van der Waals surface area contributed by atoms with Crippen molar-refractivity contribution in [2.24, 2.45) is 0 Å². The zero-order valence-corrected chi connectivity index (χ0v) is 11.9. The van der Waals surface area contributed by atoms with Gasteiger partial charge in [0, 0.05) is 34.9 Å². The largest absolute Gasteiger partial charge is 0.383 e. The molecule has 5 nitrogen and oxygen atoms in total. The van der Waals surface area contributed by atoms with Crippen LogP contribution in [0.5, 0.6) is 0 Å². The number of hydrogen-bond donors (Lipinski definition) is 2. The molecule has 1 aromatic heterocycles. The second-order valence-electron chi connectivity index (χ2n) is 2.94. The topological polar surface area (TPSA) is 67.4 Å². The summed E-state index contributed by atoms with van der Waals surface area (Å²) in [5.74, 6) is 0. The minimum absolute atomic E-state index is 0.264. The van der Waals surface area contributed by atoms with E-state index in [0.29, 0.717) is 13.2 Å². The molecule has 1 aromatic rings. The van der Waals surface area contributed by atoms with Gasteiger partial charge >= 0.3 is 0 Å². The van der Waals surface area contributed by atoms with Crippen molar-refractivity contribution < 1.29 is 13.2 Å². The lowest BCUT2D eigenvalue weighted by Gasteiger charge is -2.06. The molecule has 0 fully saturated rings. The van der Waals surface area contributed by atoms with Crippen molar-refractivity contribution >= 4 is 37.5 Å². The molecule has 92 valence electrons. The highest BCUT2D eigenvalue weighted by atomic mass is 79.9. The maximum absolute atomic E-state index is 11.4. The third-order valence-corrected chi connectivity index (χ3v) is 4.46. The molecule has 2 N–H and O–H groups in total. The van der Waals surface area contributed by atoms with Crippen molar-refractivity contribution in [1.29, 1.82) is 0 Å². The van der Waals surface area contributed by atoms with Crippen LogP contribution in [0.1, 0.15) is 4.88 Å². The number of rotatable bonds is 7.